The highest BCUT2D eigenvalue weighted by molar-refractivity contribution is 5.68. The molecule has 1 fully saturated rings. The third-order valence-electron chi connectivity index (χ3n) is 2.66. The predicted molar refractivity (Wildman–Crippen MR) is 67.1 cm³/mol. The first-order valence-corrected chi connectivity index (χ1v) is 6.51. The summed E-state index contributed by atoms with van der Waals surface area (Å²) >= 11 is 0. The molecule has 0 aliphatic carbocycles. The maximum Gasteiger partial charge on any atom is 0.410 e. The summed E-state index contributed by atoms with van der Waals surface area (Å²) in [5.41, 5.74) is -0.422. The first kappa shape index (κ1) is 14.3. The van der Waals surface area contributed by atoms with Gasteiger partial charge in [0, 0.05) is 13.2 Å². The summed E-state index contributed by atoms with van der Waals surface area (Å²) in [5.74, 6) is 0. The highest BCUT2D eigenvalue weighted by Crippen LogP contribution is 2.20. The second-order valence-electron chi connectivity index (χ2n) is 5.54. The lowest BCUT2D eigenvalue weighted by Gasteiger charge is -2.28. The minimum atomic E-state index is -0.422. The van der Waals surface area contributed by atoms with Crippen molar-refractivity contribution in [3.63, 3.8) is 0 Å². The Hall–Kier alpha value is -0.770. The highest BCUT2D eigenvalue weighted by Gasteiger charge is 2.32. The molecule has 1 saturated heterocycles. The van der Waals surface area contributed by atoms with Crippen molar-refractivity contribution in [3.8, 4) is 0 Å². The maximum atomic E-state index is 12.0. The van der Waals surface area contributed by atoms with Crippen molar-refractivity contribution < 1.29 is 14.3 Å². The normalized spacial score (nSPS) is 20.7. The second kappa shape index (κ2) is 6.24. The van der Waals surface area contributed by atoms with E-state index in [2.05, 4.69) is 6.92 Å². The molecule has 100 valence electrons. The number of hydrogen-bond acceptors (Lipinski definition) is 3. The summed E-state index contributed by atoms with van der Waals surface area (Å²) in [7, 11) is 0. The van der Waals surface area contributed by atoms with E-state index in [1.54, 1.807) is 4.90 Å². The molecule has 0 radical (unpaired) electrons. The minimum Gasteiger partial charge on any atom is -0.444 e. The Kier molecular flexibility index (Phi) is 5.25. The van der Waals surface area contributed by atoms with E-state index in [1.165, 1.54) is 0 Å². The fraction of sp³-hybridized carbons (Fsp3) is 0.923. The SMILES string of the molecule is CCCOC[C@@H]1CCCN1C(=O)OC(C)(C)C. The van der Waals surface area contributed by atoms with Crippen LogP contribution in [-0.2, 0) is 9.47 Å². The number of likely N-dealkylation sites (tertiary alicyclic amines) is 1. The van der Waals surface area contributed by atoms with Gasteiger partial charge in [-0.2, -0.15) is 0 Å². The van der Waals surface area contributed by atoms with Crippen LogP contribution in [0.25, 0.3) is 0 Å². The number of amides is 1. The molecule has 0 aromatic rings. The number of carbonyl (C=O) groups is 1. The van der Waals surface area contributed by atoms with E-state index in [4.69, 9.17) is 9.47 Å². The van der Waals surface area contributed by atoms with Gasteiger partial charge in [0.15, 0.2) is 0 Å². The average Bonchev–Trinajstić information content (AvgIpc) is 2.64. The molecule has 4 nitrogen and oxygen atoms in total. The van der Waals surface area contributed by atoms with Crippen LogP contribution in [0.2, 0.25) is 0 Å². The van der Waals surface area contributed by atoms with Gasteiger partial charge in [0.05, 0.1) is 12.6 Å². The third-order valence-corrected chi connectivity index (χ3v) is 2.66. The van der Waals surface area contributed by atoms with Gasteiger partial charge in [-0.05, 0) is 40.0 Å². The zero-order valence-corrected chi connectivity index (χ0v) is 11.5. The molecule has 0 aromatic carbocycles. The van der Waals surface area contributed by atoms with Crippen LogP contribution in [0.5, 0.6) is 0 Å². The molecule has 0 spiro atoms. The second-order valence-corrected chi connectivity index (χ2v) is 5.54. The van der Waals surface area contributed by atoms with Crippen molar-refractivity contribution in [2.24, 2.45) is 0 Å². The topological polar surface area (TPSA) is 38.8 Å². The molecule has 1 atom stereocenters. The molecular formula is C13H25NO3. The van der Waals surface area contributed by atoms with Crippen molar-refractivity contribution in [2.75, 3.05) is 19.8 Å². The Morgan fingerprint density at radius 2 is 2.12 bits per heavy atom. The van der Waals surface area contributed by atoms with E-state index in [-0.39, 0.29) is 12.1 Å². The van der Waals surface area contributed by atoms with E-state index >= 15 is 0 Å². The molecule has 1 aliphatic rings. The summed E-state index contributed by atoms with van der Waals surface area (Å²) in [6.45, 7) is 9.94. The first-order valence-electron chi connectivity index (χ1n) is 6.51. The van der Waals surface area contributed by atoms with E-state index in [1.807, 2.05) is 20.8 Å². The Bertz CT molecular complexity index is 248. The fourth-order valence-corrected chi connectivity index (χ4v) is 1.93. The van der Waals surface area contributed by atoms with Crippen molar-refractivity contribution in [2.45, 2.75) is 58.6 Å². The molecule has 0 aromatic heterocycles. The molecule has 4 heteroatoms. The Labute approximate surface area is 104 Å². The number of rotatable bonds is 4. The molecule has 1 heterocycles. The van der Waals surface area contributed by atoms with Gasteiger partial charge in [0.1, 0.15) is 5.60 Å². The smallest absolute Gasteiger partial charge is 0.410 e. The van der Waals surface area contributed by atoms with Crippen LogP contribution in [0, 0.1) is 0 Å². The van der Waals surface area contributed by atoms with Gasteiger partial charge in [-0.25, -0.2) is 4.79 Å². The van der Waals surface area contributed by atoms with Crippen LogP contribution in [0.4, 0.5) is 4.79 Å². The van der Waals surface area contributed by atoms with Crippen LogP contribution in [-0.4, -0.2) is 42.4 Å². The minimum absolute atomic E-state index is 0.191. The molecule has 1 rings (SSSR count). The number of hydrogen-bond donors (Lipinski definition) is 0. The number of nitrogens with zero attached hydrogens (tertiary/aromatic N) is 1. The van der Waals surface area contributed by atoms with Crippen molar-refractivity contribution in [1.82, 2.24) is 4.90 Å². The van der Waals surface area contributed by atoms with Gasteiger partial charge in [-0.1, -0.05) is 6.92 Å². The fourth-order valence-electron chi connectivity index (χ4n) is 1.93. The molecule has 1 aliphatic heterocycles. The molecule has 1 amide bonds. The van der Waals surface area contributed by atoms with Crippen molar-refractivity contribution in [3.05, 3.63) is 0 Å². The molecule has 0 bridgehead atoms. The van der Waals surface area contributed by atoms with Crippen LogP contribution >= 0.6 is 0 Å². The van der Waals surface area contributed by atoms with E-state index in [0.717, 1.165) is 32.4 Å². The zero-order chi connectivity index (χ0) is 12.9. The van der Waals surface area contributed by atoms with E-state index < -0.39 is 5.60 Å². The summed E-state index contributed by atoms with van der Waals surface area (Å²) < 4.78 is 10.9. The molecule has 0 unspecified atom stereocenters. The van der Waals surface area contributed by atoms with Gasteiger partial charge < -0.3 is 14.4 Å². The predicted octanol–water partition coefficient (Wildman–Crippen LogP) is 2.81. The van der Waals surface area contributed by atoms with Gasteiger partial charge in [0.2, 0.25) is 0 Å². The lowest BCUT2D eigenvalue weighted by Crippen LogP contribution is -2.41. The molecule has 0 N–H and O–H groups in total. The van der Waals surface area contributed by atoms with E-state index in [0.29, 0.717) is 6.61 Å². The van der Waals surface area contributed by atoms with Crippen molar-refractivity contribution in [1.29, 1.82) is 0 Å². The summed E-state index contributed by atoms with van der Waals surface area (Å²) in [4.78, 5) is 13.8. The highest BCUT2D eigenvalue weighted by atomic mass is 16.6. The summed E-state index contributed by atoms with van der Waals surface area (Å²) in [6.07, 6.45) is 2.86. The molecule has 0 saturated carbocycles. The van der Waals surface area contributed by atoms with Gasteiger partial charge in [-0.3, -0.25) is 0 Å². The zero-order valence-electron chi connectivity index (χ0n) is 11.5. The van der Waals surface area contributed by atoms with Crippen LogP contribution < -0.4 is 0 Å². The first-order chi connectivity index (χ1) is 7.94. The maximum absolute atomic E-state index is 12.0. The third kappa shape index (κ3) is 4.94. The average molecular weight is 243 g/mol. The standard InChI is InChI=1S/C13H25NO3/c1-5-9-16-10-11-7-6-8-14(11)12(15)17-13(2,3)4/h11H,5-10H2,1-4H3/t11-/m0/s1. The lowest BCUT2D eigenvalue weighted by molar-refractivity contribution is 0.0107. The Morgan fingerprint density at radius 1 is 1.41 bits per heavy atom. The number of carbonyl (C=O) groups excluding carboxylic acids is 1. The van der Waals surface area contributed by atoms with Gasteiger partial charge in [-0.15, -0.1) is 0 Å². The molecule has 17 heavy (non-hydrogen) atoms. The summed E-state index contributed by atoms with van der Waals surface area (Å²) in [6, 6.07) is 0.191. The van der Waals surface area contributed by atoms with E-state index in [9.17, 15) is 4.79 Å². The summed E-state index contributed by atoms with van der Waals surface area (Å²) in [5, 5.41) is 0. The van der Waals surface area contributed by atoms with Gasteiger partial charge in [0.25, 0.3) is 0 Å². The van der Waals surface area contributed by atoms with Crippen LogP contribution in [0.3, 0.4) is 0 Å². The van der Waals surface area contributed by atoms with Crippen LogP contribution in [0.15, 0.2) is 0 Å². The largest absolute Gasteiger partial charge is 0.444 e. The van der Waals surface area contributed by atoms with Gasteiger partial charge >= 0.3 is 6.09 Å². The monoisotopic (exact) mass is 243 g/mol. The quantitative estimate of drug-likeness (QED) is 0.713. The van der Waals surface area contributed by atoms with Crippen LogP contribution in [0.1, 0.15) is 47.0 Å². The van der Waals surface area contributed by atoms with Crippen molar-refractivity contribution >= 4 is 6.09 Å². The lowest BCUT2D eigenvalue weighted by atomic mass is 10.2. The Balaban J connectivity index is 2.42. The number of ether oxygens (including phenoxy) is 2. The Morgan fingerprint density at radius 3 is 2.71 bits per heavy atom. The molecular weight excluding hydrogens is 218 g/mol.